The number of amides is 1. The molecule has 1 fully saturated rings. The summed E-state index contributed by atoms with van der Waals surface area (Å²) in [5.41, 5.74) is 2.42. The molecular weight excluding hydrogens is 262 g/mol. The minimum absolute atomic E-state index is 0.0232. The number of carbonyl (C=O) groups is 1. The molecule has 0 aliphatic carbocycles. The predicted molar refractivity (Wildman–Crippen MR) is 85.2 cm³/mol. The molecule has 116 valence electrons. The van der Waals surface area contributed by atoms with Gasteiger partial charge in [-0.05, 0) is 43.2 Å². The van der Waals surface area contributed by atoms with Gasteiger partial charge in [0.1, 0.15) is 0 Å². The number of likely N-dealkylation sites (tertiary alicyclic amines) is 1. The minimum Gasteiger partial charge on any atom is -0.394 e. The monoisotopic (exact) mass is 289 g/mol. The van der Waals surface area contributed by atoms with Crippen molar-refractivity contribution in [2.45, 2.75) is 57.9 Å². The molecule has 0 spiro atoms. The number of aliphatic hydroxyl groups is 1. The Morgan fingerprint density at radius 3 is 2.62 bits per heavy atom. The van der Waals surface area contributed by atoms with Crippen LogP contribution in [-0.2, 0) is 17.6 Å². The topological polar surface area (TPSA) is 40.5 Å². The van der Waals surface area contributed by atoms with Gasteiger partial charge in [-0.25, -0.2) is 0 Å². The second-order valence-electron chi connectivity index (χ2n) is 6.02. The first-order valence-corrected chi connectivity index (χ1v) is 8.22. The van der Waals surface area contributed by atoms with E-state index in [1.54, 1.807) is 0 Å². The Bertz CT molecular complexity index is 441. The van der Waals surface area contributed by atoms with Crippen LogP contribution in [-0.4, -0.2) is 35.1 Å². The highest BCUT2D eigenvalue weighted by molar-refractivity contribution is 5.79. The third-order valence-corrected chi connectivity index (χ3v) is 4.36. The third kappa shape index (κ3) is 4.57. The molecule has 1 amide bonds. The average molecular weight is 289 g/mol. The highest BCUT2D eigenvalue weighted by atomic mass is 16.3. The lowest BCUT2D eigenvalue weighted by Gasteiger charge is -2.34. The van der Waals surface area contributed by atoms with E-state index in [1.165, 1.54) is 18.4 Å². The summed E-state index contributed by atoms with van der Waals surface area (Å²) in [7, 11) is 0. The summed E-state index contributed by atoms with van der Waals surface area (Å²) in [5, 5.41) is 9.40. The molecule has 1 N–H and O–H groups in total. The molecule has 0 aromatic heterocycles. The van der Waals surface area contributed by atoms with Gasteiger partial charge in [-0.1, -0.05) is 37.6 Å². The zero-order valence-corrected chi connectivity index (χ0v) is 13.1. The van der Waals surface area contributed by atoms with Crippen LogP contribution in [0, 0.1) is 0 Å². The highest BCUT2D eigenvalue weighted by Gasteiger charge is 2.25. The summed E-state index contributed by atoms with van der Waals surface area (Å²) >= 11 is 0. The van der Waals surface area contributed by atoms with Crippen LogP contribution in [0.5, 0.6) is 0 Å². The summed E-state index contributed by atoms with van der Waals surface area (Å²) in [6, 6.07) is 8.44. The standard InChI is InChI=1S/C18H27NO2/c1-2-3-6-15-8-10-16(11-9-15)13-18(21)19-12-5-4-7-17(19)14-20/h8-11,17,20H,2-7,12-14H2,1H3. The molecule has 1 heterocycles. The lowest BCUT2D eigenvalue weighted by Crippen LogP contribution is -2.46. The van der Waals surface area contributed by atoms with Gasteiger partial charge < -0.3 is 10.0 Å². The zero-order chi connectivity index (χ0) is 15.1. The number of carbonyl (C=O) groups excluding carboxylic acids is 1. The molecule has 1 aliphatic rings. The third-order valence-electron chi connectivity index (χ3n) is 4.36. The lowest BCUT2D eigenvalue weighted by molar-refractivity contribution is -0.135. The fraction of sp³-hybridized carbons (Fsp3) is 0.611. The van der Waals surface area contributed by atoms with Crippen molar-refractivity contribution in [2.75, 3.05) is 13.2 Å². The molecule has 1 aliphatic heterocycles. The van der Waals surface area contributed by atoms with Crippen molar-refractivity contribution in [3.8, 4) is 0 Å². The van der Waals surface area contributed by atoms with Crippen molar-refractivity contribution in [3.05, 3.63) is 35.4 Å². The fourth-order valence-corrected chi connectivity index (χ4v) is 3.00. The second kappa shape index (κ2) is 8.18. The molecule has 0 radical (unpaired) electrons. The van der Waals surface area contributed by atoms with Crippen molar-refractivity contribution < 1.29 is 9.90 Å². The van der Waals surface area contributed by atoms with Gasteiger partial charge in [-0.3, -0.25) is 4.79 Å². The molecule has 1 unspecified atom stereocenters. The summed E-state index contributed by atoms with van der Waals surface area (Å²) in [4.78, 5) is 14.3. The molecule has 1 aromatic rings. The molecule has 2 rings (SSSR count). The van der Waals surface area contributed by atoms with E-state index in [0.29, 0.717) is 6.42 Å². The molecule has 1 atom stereocenters. The number of piperidine rings is 1. The summed E-state index contributed by atoms with van der Waals surface area (Å²) in [6.45, 7) is 3.07. The van der Waals surface area contributed by atoms with Gasteiger partial charge in [-0.15, -0.1) is 0 Å². The average Bonchev–Trinajstić information content (AvgIpc) is 2.54. The van der Waals surface area contributed by atoms with E-state index in [0.717, 1.165) is 37.8 Å². The summed E-state index contributed by atoms with van der Waals surface area (Å²) in [6.07, 6.45) is 7.08. The minimum atomic E-state index is 0.0232. The van der Waals surface area contributed by atoms with Crippen molar-refractivity contribution in [1.29, 1.82) is 0 Å². The second-order valence-corrected chi connectivity index (χ2v) is 6.02. The number of hydrogen-bond donors (Lipinski definition) is 1. The van der Waals surface area contributed by atoms with E-state index >= 15 is 0 Å². The molecule has 0 bridgehead atoms. The van der Waals surface area contributed by atoms with Crippen molar-refractivity contribution in [1.82, 2.24) is 4.90 Å². The number of benzene rings is 1. The van der Waals surface area contributed by atoms with Gasteiger partial charge in [0, 0.05) is 6.54 Å². The number of unbranched alkanes of at least 4 members (excludes halogenated alkanes) is 1. The summed E-state index contributed by atoms with van der Waals surface area (Å²) < 4.78 is 0. The number of aryl methyl sites for hydroxylation is 1. The van der Waals surface area contributed by atoms with Crippen LogP contribution in [0.1, 0.15) is 50.2 Å². The smallest absolute Gasteiger partial charge is 0.227 e. The first-order valence-electron chi connectivity index (χ1n) is 8.22. The van der Waals surface area contributed by atoms with E-state index in [1.807, 2.05) is 4.90 Å². The normalized spacial score (nSPS) is 18.8. The Hall–Kier alpha value is -1.35. The van der Waals surface area contributed by atoms with Gasteiger partial charge in [0.15, 0.2) is 0 Å². The lowest BCUT2D eigenvalue weighted by atomic mass is 10.0. The SMILES string of the molecule is CCCCc1ccc(CC(=O)N2CCCCC2CO)cc1. The van der Waals surface area contributed by atoms with E-state index < -0.39 is 0 Å². The van der Waals surface area contributed by atoms with Crippen LogP contribution in [0.4, 0.5) is 0 Å². The first-order chi connectivity index (χ1) is 10.2. The molecule has 1 saturated heterocycles. The van der Waals surface area contributed by atoms with E-state index in [2.05, 4.69) is 31.2 Å². The molecule has 1 aromatic carbocycles. The maximum Gasteiger partial charge on any atom is 0.227 e. The van der Waals surface area contributed by atoms with Gasteiger partial charge in [0.25, 0.3) is 0 Å². The quantitative estimate of drug-likeness (QED) is 0.874. The van der Waals surface area contributed by atoms with Gasteiger partial charge in [-0.2, -0.15) is 0 Å². The zero-order valence-electron chi connectivity index (χ0n) is 13.1. The number of aliphatic hydroxyl groups excluding tert-OH is 1. The molecular formula is C18H27NO2. The van der Waals surface area contributed by atoms with E-state index in [-0.39, 0.29) is 18.6 Å². The Morgan fingerprint density at radius 1 is 1.24 bits per heavy atom. The fourth-order valence-electron chi connectivity index (χ4n) is 3.00. The molecule has 3 nitrogen and oxygen atoms in total. The molecule has 3 heteroatoms. The Morgan fingerprint density at radius 2 is 1.95 bits per heavy atom. The Kier molecular flexibility index (Phi) is 6.24. The van der Waals surface area contributed by atoms with Gasteiger partial charge in [0.05, 0.1) is 19.1 Å². The summed E-state index contributed by atoms with van der Waals surface area (Å²) in [5.74, 6) is 0.148. The van der Waals surface area contributed by atoms with E-state index in [4.69, 9.17) is 0 Å². The van der Waals surface area contributed by atoms with Crippen LogP contribution in [0.2, 0.25) is 0 Å². The van der Waals surface area contributed by atoms with Crippen LogP contribution in [0.15, 0.2) is 24.3 Å². The maximum absolute atomic E-state index is 12.4. The van der Waals surface area contributed by atoms with Gasteiger partial charge in [0.2, 0.25) is 5.91 Å². The van der Waals surface area contributed by atoms with Crippen LogP contribution in [0.25, 0.3) is 0 Å². The van der Waals surface area contributed by atoms with Crippen molar-refractivity contribution in [2.24, 2.45) is 0 Å². The van der Waals surface area contributed by atoms with Crippen LogP contribution >= 0.6 is 0 Å². The van der Waals surface area contributed by atoms with Crippen LogP contribution < -0.4 is 0 Å². The molecule has 21 heavy (non-hydrogen) atoms. The Labute approximate surface area is 128 Å². The highest BCUT2D eigenvalue weighted by Crippen LogP contribution is 2.18. The predicted octanol–water partition coefficient (Wildman–Crippen LogP) is 2.95. The maximum atomic E-state index is 12.4. The van der Waals surface area contributed by atoms with Crippen molar-refractivity contribution in [3.63, 3.8) is 0 Å². The number of hydrogen-bond acceptors (Lipinski definition) is 2. The Balaban J connectivity index is 1.92. The first kappa shape index (κ1) is 16.0. The van der Waals surface area contributed by atoms with Crippen molar-refractivity contribution >= 4 is 5.91 Å². The van der Waals surface area contributed by atoms with E-state index in [9.17, 15) is 9.90 Å². The molecule has 0 saturated carbocycles. The van der Waals surface area contributed by atoms with Gasteiger partial charge >= 0.3 is 0 Å². The number of rotatable bonds is 6. The largest absolute Gasteiger partial charge is 0.394 e. The van der Waals surface area contributed by atoms with Crippen LogP contribution in [0.3, 0.4) is 0 Å². The number of nitrogens with zero attached hydrogens (tertiary/aromatic N) is 1.